The first-order valence-electron chi connectivity index (χ1n) is 4.24. The Kier molecular flexibility index (Phi) is 2.53. The number of fused-ring (bicyclic) bond motifs is 1. The fraction of sp³-hybridized carbons (Fsp3) is 0.111. The van der Waals surface area contributed by atoms with Crippen molar-refractivity contribution >= 4 is 33.5 Å². The maximum Gasteiger partial charge on any atom is 0.337 e. The number of ether oxygens (including phenoxy) is 1. The maximum absolute atomic E-state index is 10.9. The average Bonchev–Trinajstić information content (AvgIpc) is 2.69. The van der Waals surface area contributed by atoms with Crippen molar-refractivity contribution in [2.24, 2.45) is 0 Å². The number of hydrogen-bond acceptors (Lipinski definition) is 6. The van der Waals surface area contributed by atoms with Crippen LogP contribution in [0.15, 0.2) is 12.1 Å². The smallest absolute Gasteiger partial charge is 0.337 e. The van der Waals surface area contributed by atoms with E-state index in [1.165, 1.54) is 13.2 Å². The van der Waals surface area contributed by atoms with Crippen LogP contribution in [0.3, 0.4) is 0 Å². The van der Waals surface area contributed by atoms with Crippen LogP contribution in [0.2, 0.25) is 0 Å². The number of carbonyl (C=O) groups excluding carboxylic acids is 1. The van der Waals surface area contributed by atoms with E-state index >= 15 is 0 Å². The van der Waals surface area contributed by atoms with E-state index in [1.807, 2.05) is 0 Å². The van der Waals surface area contributed by atoms with Crippen molar-refractivity contribution in [2.45, 2.75) is 0 Å². The van der Waals surface area contributed by atoms with E-state index in [-0.39, 0.29) is 22.0 Å². The van der Waals surface area contributed by atoms with Crippen LogP contribution in [0.25, 0.3) is 10.2 Å². The van der Waals surface area contributed by atoms with Gasteiger partial charge in [0.25, 0.3) is 0 Å². The van der Waals surface area contributed by atoms with Gasteiger partial charge >= 0.3 is 5.69 Å². The van der Waals surface area contributed by atoms with Gasteiger partial charge in [-0.2, -0.15) is 0 Å². The third-order valence-electron chi connectivity index (χ3n) is 2.02. The molecule has 0 aliphatic carbocycles. The Balaban J connectivity index is 2.82. The Labute approximate surface area is 93.6 Å². The summed E-state index contributed by atoms with van der Waals surface area (Å²) in [6, 6.07) is 3.14. The number of thiazole rings is 1. The van der Waals surface area contributed by atoms with Crippen LogP contribution in [0.4, 0.5) is 5.69 Å². The molecule has 7 heteroatoms. The molecule has 0 amide bonds. The van der Waals surface area contributed by atoms with Crippen LogP contribution in [0.5, 0.6) is 5.75 Å². The topological polar surface area (TPSA) is 82.3 Å². The number of aldehydes is 1. The number of nitro groups is 1. The molecule has 1 aromatic heterocycles. The lowest BCUT2D eigenvalue weighted by Gasteiger charge is -2.00. The molecule has 0 aliphatic heterocycles. The van der Waals surface area contributed by atoms with Gasteiger partial charge in [-0.3, -0.25) is 14.9 Å². The molecule has 6 nitrogen and oxygen atoms in total. The van der Waals surface area contributed by atoms with Gasteiger partial charge in [0.05, 0.1) is 16.7 Å². The van der Waals surface area contributed by atoms with Gasteiger partial charge < -0.3 is 4.74 Å². The van der Waals surface area contributed by atoms with Crippen molar-refractivity contribution in [3.8, 4) is 5.75 Å². The van der Waals surface area contributed by atoms with E-state index < -0.39 is 4.92 Å². The Morgan fingerprint density at radius 1 is 1.56 bits per heavy atom. The zero-order chi connectivity index (χ0) is 11.7. The van der Waals surface area contributed by atoms with Gasteiger partial charge in [-0.05, 0) is 12.1 Å². The molecule has 0 aliphatic rings. The fourth-order valence-electron chi connectivity index (χ4n) is 1.37. The molecule has 0 unspecified atom stereocenters. The summed E-state index contributed by atoms with van der Waals surface area (Å²) in [5.74, 6) is 0.139. The molecule has 1 aromatic carbocycles. The van der Waals surface area contributed by atoms with Gasteiger partial charge in [0.1, 0.15) is 0 Å². The van der Waals surface area contributed by atoms with Gasteiger partial charge in [0.2, 0.25) is 0 Å². The van der Waals surface area contributed by atoms with Crippen LogP contribution in [-0.4, -0.2) is 23.3 Å². The summed E-state index contributed by atoms with van der Waals surface area (Å²) in [4.78, 5) is 24.8. The summed E-state index contributed by atoms with van der Waals surface area (Å²) in [5.41, 5.74) is -0.0131. The molecule has 1 heterocycles. The lowest BCUT2D eigenvalue weighted by molar-refractivity contribution is -0.384. The molecule has 2 rings (SSSR count). The second kappa shape index (κ2) is 3.86. The summed E-state index contributed by atoms with van der Waals surface area (Å²) in [7, 11) is 1.35. The lowest BCUT2D eigenvalue weighted by Crippen LogP contribution is -1.94. The minimum absolute atomic E-state index is 0.139. The van der Waals surface area contributed by atoms with Crippen molar-refractivity contribution < 1.29 is 14.5 Å². The highest BCUT2D eigenvalue weighted by atomic mass is 32.1. The number of aromatic nitrogens is 1. The highest BCUT2D eigenvalue weighted by molar-refractivity contribution is 7.20. The monoisotopic (exact) mass is 238 g/mol. The molecule has 0 spiro atoms. The number of benzene rings is 1. The normalized spacial score (nSPS) is 10.3. The third-order valence-corrected chi connectivity index (χ3v) is 2.96. The predicted molar refractivity (Wildman–Crippen MR) is 58.2 cm³/mol. The third kappa shape index (κ3) is 1.50. The van der Waals surface area contributed by atoms with E-state index in [9.17, 15) is 14.9 Å². The van der Waals surface area contributed by atoms with E-state index in [2.05, 4.69) is 4.98 Å². The summed E-state index contributed by atoms with van der Waals surface area (Å²) in [6.07, 6.45) is 0.570. The molecule has 0 fully saturated rings. The molecule has 0 radical (unpaired) electrons. The zero-order valence-electron chi connectivity index (χ0n) is 8.17. The van der Waals surface area contributed by atoms with Gasteiger partial charge in [-0.1, -0.05) is 0 Å². The van der Waals surface area contributed by atoms with Crippen LogP contribution in [0.1, 0.15) is 9.80 Å². The van der Waals surface area contributed by atoms with E-state index in [0.717, 1.165) is 11.3 Å². The highest BCUT2D eigenvalue weighted by Crippen LogP contribution is 2.36. The quantitative estimate of drug-likeness (QED) is 0.464. The van der Waals surface area contributed by atoms with Crippen LogP contribution in [-0.2, 0) is 0 Å². The Morgan fingerprint density at radius 2 is 2.31 bits per heavy atom. The number of methoxy groups -OCH3 is 1. The van der Waals surface area contributed by atoms with Crippen molar-refractivity contribution in [1.82, 2.24) is 4.98 Å². The number of hydrogen-bond donors (Lipinski definition) is 0. The molecule has 2 aromatic rings. The Morgan fingerprint density at radius 3 is 2.88 bits per heavy atom. The standard InChI is InChI=1S/C9H6N2O4S/c1-15-5-2-3-6-8(9(5)11(13)14)10-7(4-12)16-6/h2-4H,1H3. The summed E-state index contributed by atoms with van der Waals surface area (Å²) in [6.45, 7) is 0. The molecule has 82 valence electrons. The zero-order valence-corrected chi connectivity index (χ0v) is 8.98. The minimum atomic E-state index is -0.560. The number of rotatable bonds is 3. The number of carbonyl (C=O) groups is 1. The van der Waals surface area contributed by atoms with E-state index in [0.29, 0.717) is 11.0 Å². The number of nitro benzene ring substituents is 1. The van der Waals surface area contributed by atoms with Crippen molar-refractivity contribution in [3.05, 3.63) is 27.3 Å². The fourth-order valence-corrected chi connectivity index (χ4v) is 2.16. The second-order valence-corrected chi connectivity index (χ2v) is 3.95. The molecule has 0 N–H and O–H groups in total. The largest absolute Gasteiger partial charge is 0.490 e. The molecule has 0 bridgehead atoms. The minimum Gasteiger partial charge on any atom is -0.490 e. The Bertz CT molecular complexity index is 578. The van der Waals surface area contributed by atoms with Crippen LogP contribution in [0, 0.1) is 10.1 Å². The maximum atomic E-state index is 10.9. The molecule has 0 atom stereocenters. The first-order valence-corrected chi connectivity index (χ1v) is 5.06. The van der Waals surface area contributed by atoms with Crippen molar-refractivity contribution in [3.63, 3.8) is 0 Å². The van der Waals surface area contributed by atoms with Crippen molar-refractivity contribution in [1.29, 1.82) is 0 Å². The predicted octanol–water partition coefficient (Wildman–Crippen LogP) is 2.03. The highest BCUT2D eigenvalue weighted by Gasteiger charge is 2.22. The number of nitrogens with zero attached hydrogens (tertiary/aromatic N) is 2. The molecule has 0 saturated heterocycles. The summed E-state index contributed by atoms with van der Waals surface area (Å²) >= 11 is 1.11. The average molecular weight is 238 g/mol. The first-order chi connectivity index (χ1) is 7.67. The molecule has 16 heavy (non-hydrogen) atoms. The summed E-state index contributed by atoms with van der Waals surface area (Å²) in [5, 5.41) is 11.1. The van der Waals surface area contributed by atoms with Gasteiger partial charge in [0.15, 0.2) is 22.6 Å². The lowest BCUT2D eigenvalue weighted by atomic mass is 10.2. The molecular weight excluding hydrogens is 232 g/mol. The van der Waals surface area contributed by atoms with Crippen LogP contribution < -0.4 is 4.74 Å². The van der Waals surface area contributed by atoms with E-state index in [4.69, 9.17) is 4.74 Å². The summed E-state index contributed by atoms with van der Waals surface area (Å²) < 4.78 is 5.48. The molecular formula is C9H6N2O4S. The molecule has 0 saturated carbocycles. The van der Waals surface area contributed by atoms with Gasteiger partial charge in [-0.15, -0.1) is 11.3 Å². The van der Waals surface area contributed by atoms with Crippen molar-refractivity contribution in [2.75, 3.05) is 7.11 Å². The Hall–Kier alpha value is -2.02. The van der Waals surface area contributed by atoms with Gasteiger partial charge in [0, 0.05) is 0 Å². The van der Waals surface area contributed by atoms with E-state index in [1.54, 1.807) is 6.07 Å². The van der Waals surface area contributed by atoms with Gasteiger partial charge in [-0.25, -0.2) is 4.98 Å². The second-order valence-electron chi connectivity index (χ2n) is 2.89. The van der Waals surface area contributed by atoms with Crippen LogP contribution >= 0.6 is 11.3 Å². The first kappa shape index (κ1) is 10.5. The SMILES string of the molecule is COc1ccc2sc(C=O)nc2c1[N+](=O)[O-].